The lowest BCUT2D eigenvalue weighted by Gasteiger charge is -2.18. The van der Waals surface area contributed by atoms with E-state index in [0.29, 0.717) is 11.3 Å². The Morgan fingerprint density at radius 2 is 1.74 bits per heavy atom. The maximum Gasteiger partial charge on any atom is 0.262 e. The van der Waals surface area contributed by atoms with E-state index in [2.05, 4.69) is 21.8 Å². The zero-order valence-corrected chi connectivity index (χ0v) is 16.5. The first-order valence-corrected chi connectivity index (χ1v) is 10.1. The highest BCUT2D eigenvalue weighted by Gasteiger charge is 2.17. The average molecular weight is 382 g/mol. The first-order valence-electron chi connectivity index (χ1n) is 8.66. The number of benzene rings is 2. The molecule has 0 spiro atoms. The number of aromatic nitrogens is 1. The molecule has 140 valence electrons. The molecular formula is C21H23N3O2S. The van der Waals surface area contributed by atoms with E-state index in [4.69, 9.17) is 0 Å². The van der Waals surface area contributed by atoms with Gasteiger partial charge in [0.05, 0.1) is 16.8 Å². The van der Waals surface area contributed by atoms with Crippen molar-refractivity contribution in [1.29, 1.82) is 0 Å². The molecule has 1 aromatic heterocycles. The number of hydrogen-bond donors (Lipinski definition) is 1. The van der Waals surface area contributed by atoms with Gasteiger partial charge in [0.25, 0.3) is 10.0 Å². The van der Waals surface area contributed by atoms with Crippen molar-refractivity contribution in [3.8, 4) is 0 Å². The van der Waals surface area contributed by atoms with Crippen molar-refractivity contribution in [3.05, 3.63) is 83.6 Å². The molecule has 0 aliphatic heterocycles. The van der Waals surface area contributed by atoms with Gasteiger partial charge in [0, 0.05) is 13.6 Å². The number of rotatable bonds is 6. The van der Waals surface area contributed by atoms with Gasteiger partial charge in [-0.15, -0.1) is 0 Å². The molecule has 0 saturated carbocycles. The number of nitrogens with one attached hydrogen (secondary N) is 1. The highest BCUT2D eigenvalue weighted by molar-refractivity contribution is 7.92. The van der Waals surface area contributed by atoms with E-state index in [-0.39, 0.29) is 4.90 Å². The van der Waals surface area contributed by atoms with Crippen molar-refractivity contribution in [2.45, 2.75) is 25.3 Å². The van der Waals surface area contributed by atoms with Crippen molar-refractivity contribution in [2.75, 3.05) is 16.7 Å². The maximum absolute atomic E-state index is 12.7. The Balaban J connectivity index is 1.74. The largest absolute Gasteiger partial charge is 0.355 e. The lowest BCUT2D eigenvalue weighted by Crippen LogP contribution is -2.18. The van der Waals surface area contributed by atoms with Crippen LogP contribution in [0.3, 0.4) is 0 Å². The lowest BCUT2D eigenvalue weighted by molar-refractivity contribution is 0.600. The Kier molecular flexibility index (Phi) is 5.46. The van der Waals surface area contributed by atoms with Crippen molar-refractivity contribution >= 4 is 21.5 Å². The van der Waals surface area contributed by atoms with Gasteiger partial charge in [0.1, 0.15) is 5.82 Å². The fourth-order valence-electron chi connectivity index (χ4n) is 2.82. The Labute approximate surface area is 160 Å². The summed E-state index contributed by atoms with van der Waals surface area (Å²) in [4.78, 5) is 6.69. The molecule has 0 unspecified atom stereocenters. The Hall–Kier alpha value is -2.86. The molecule has 0 fully saturated rings. The van der Waals surface area contributed by atoms with E-state index in [9.17, 15) is 8.42 Å². The number of hydrogen-bond acceptors (Lipinski definition) is 4. The predicted octanol–water partition coefficient (Wildman–Crippen LogP) is 4.14. The van der Waals surface area contributed by atoms with Crippen LogP contribution in [0.1, 0.15) is 16.7 Å². The first-order chi connectivity index (χ1) is 12.8. The van der Waals surface area contributed by atoms with Gasteiger partial charge in [0.15, 0.2) is 0 Å². The molecule has 0 saturated heterocycles. The summed E-state index contributed by atoms with van der Waals surface area (Å²) < 4.78 is 28.0. The van der Waals surface area contributed by atoms with Gasteiger partial charge < -0.3 is 4.90 Å². The summed E-state index contributed by atoms with van der Waals surface area (Å²) in [6.07, 6.45) is 1.54. The SMILES string of the molecule is Cc1ccc(C)c(S(=O)(=O)Nc2ccc(N(C)Cc3ccccc3)nc2)c1. The minimum absolute atomic E-state index is 0.285. The maximum atomic E-state index is 12.7. The summed E-state index contributed by atoms with van der Waals surface area (Å²) in [5.74, 6) is 0.772. The third kappa shape index (κ3) is 4.65. The molecule has 5 nitrogen and oxygen atoms in total. The molecular weight excluding hydrogens is 358 g/mol. The molecule has 0 atom stereocenters. The van der Waals surface area contributed by atoms with Crippen LogP contribution in [-0.2, 0) is 16.6 Å². The fourth-order valence-corrected chi connectivity index (χ4v) is 4.19. The lowest BCUT2D eigenvalue weighted by atomic mass is 10.2. The van der Waals surface area contributed by atoms with Crippen LogP contribution >= 0.6 is 0 Å². The van der Waals surface area contributed by atoms with E-state index >= 15 is 0 Å². The molecule has 1 N–H and O–H groups in total. The number of sulfonamides is 1. The molecule has 0 radical (unpaired) electrons. The average Bonchev–Trinajstić information content (AvgIpc) is 2.64. The third-order valence-corrected chi connectivity index (χ3v) is 5.81. The summed E-state index contributed by atoms with van der Waals surface area (Å²) in [6, 6.07) is 19.0. The summed E-state index contributed by atoms with van der Waals surface area (Å²) in [7, 11) is -1.70. The summed E-state index contributed by atoms with van der Waals surface area (Å²) in [5.41, 5.74) is 3.23. The van der Waals surface area contributed by atoms with E-state index in [1.54, 1.807) is 25.3 Å². The van der Waals surface area contributed by atoms with Crippen LogP contribution in [0.5, 0.6) is 0 Å². The topological polar surface area (TPSA) is 62.3 Å². The molecule has 3 rings (SSSR count). The number of anilines is 2. The molecule has 0 amide bonds. The zero-order valence-electron chi connectivity index (χ0n) is 15.7. The van der Waals surface area contributed by atoms with Crippen LogP contribution in [0.15, 0.2) is 71.8 Å². The normalized spacial score (nSPS) is 11.2. The Morgan fingerprint density at radius 3 is 2.41 bits per heavy atom. The smallest absolute Gasteiger partial charge is 0.262 e. The first kappa shape index (κ1) is 18.9. The summed E-state index contributed by atoms with van der Waals surface area (Å²) in [5, 5.41) is 0. The van der Waals surface area contributed by atoms with Crippen LogP contribution in [0, 0.1) is 13.8 Å². The second-order valence-electron chi connectivity index (χ2n) is 6.62. The van der Waals surface area contributed by atoms with E-state index in [1.165, 1.54) is 5.56 Å². The van der Waals surface area contributed by atoms with E-state index in [1.807, 2.05) is 55.3 Å². The van der Waals surface area contributed by atoms with E-state index in [0.717, 1.165) is 17.9 Å². The van der Waals surface area contributed by atoms with Gasteiger partial charge in [0.2, 0.25) is 0 Å². The Morgan fingerprint density at radius 1 is 1.00 bits per heavy atom. The molecule has 0 aliphatic carbocycles. The van der Waals surface area contributed by atoms with Crippen molar-refractivity contribution < 1.29 is 8.42 Å². The summed E-state index contributed by atoms with van der Waals surface area (Å²) in [6.45, 7) is 4.38. The number of nitrogens with zero attached hydrogens (tertiary/aromatic N) is 2. The Bertz CT molecular complexity index is 1020. The quantitative estimate of drug-likeness (QED) is 0.697. The minimum Gasteiger partial charge on any atom is -0.355 e. The van der Waals surface area contributed by atoms with E-state index < -0.39 is 10.0 Å². The summed E-state index contributed by atoms with van der Waals surface area (Å²) >= 11 is 0. The molecule has 6 heteroatoms. The van der Waals surface area contributed by atoms with Crippen LogP contribution in [-0.4, -0.2) is 20.4 Å². The van der Waals surface area contributed by atoms with Crippen molar-refractivity contribution in [2.24, 2.45) is 0 Å². The third-order valence-electron chi connectivity index (χ3n) is 4.29. The van der Waals surface area contributed by atoms with Gasteiger partial charge in [-0.05, 0) is 48.7 Å². The standard InChI is InChI=1S/C21H23N3O2S/c1-16-9-10-17(2)20(13-16)27(25,26)23-19-11-12-21(22-14-19)24(3)15-18-7-5-4-6-8-18/h4-14,23H,15H2,1-3H3. The molecule has 2 aromatic carbocycles. The fraction of sp³-hybridized carbons (Fsp3) is 0.190. The van der Waals surface area contributed by atoms with Gasteiger partial charge in [-0.1, -0.05) is 42.5 Å². The van der Waals surface area contributed by atoms with Gasteiger partial charge >= 0.3 is 0 Å². The molecule has 3 aromatic rings. The van der Waals surface area contributed by atoms with Crippen LogP contribution in [0.25, 0.3) is 0 Å². The number of aryl methyl sites for hydroxylation is 2. The monoisotopic (exact) mass is 381 g/mol. The molecule has 0 bridgehead atoms. The second kappa shape index (κ2) is 7.80. The van der Waals surface area contributed by atoms with Gasteiger partial charge in [-0.3, -0.25) is 4.72 Å². The predicted molar refractivity (Wildman–Crippen MR) is 110 cm³/mol. The molecule has 0 aliphatic rings. The molecule has 1 heterocycles. The highest BCUT2D eigenvalue weighted by Crippen LogP contribution is 2.21. The van der Waals surface area contributed by atoms with Crippen molar-refractivity contribution in [3.63, 3.8) is 0 Å². The van der Waals surface area contributed by atoms with Gasteiger partial charge in [-0.25, -0.2) is 13.4 Å². The van der Waals surface area contributed by atoms with Crippen LogP contribution in [0.2, 0.25) is 0 Å². The van der Waals surface area contributed by atoms with Crippen molar-refractivity contribution in [1.82, 2.24) is 4.98 Å². The van der Waals surface area contributed by atoms with Crippen LogP contribution < -0.4 is 9.62 Å². The number of pyridine rings is 1. The minimum atomic E-state index is -3.65. The highest BCUT2D eigenvalue weighted by atomic mass is 32.2. The second-order valence-corrected chi connectivity index (χ2v) is 8.27. The zero-order chi connectivity index (χ0) is 19.4. The molecule has 27 heavy (non-hydrogen) atoms. The van der Waals surface area contributed by atoms with Gasteiger partial charge in [-0.2, -0.15) is 0 Å². The van der Waals surface area contributed by atoms with Crippen LogP contribution in [0.4, 0.5) is 11.5 Å².